The Morgan fingerprint density at radius 3 is 2.33 bits per heavy atom. The zero-order valence-electron chi connectivity index (χ0n) is 11.4. The van der Waals surface area contributed by atoms with Crippen LogP contribution in [0.25, 0.3) is 0 Å². The fourth-order valence-electron chi connectivity index (χ4n) is 2.80. The van der Waals surface area contributed by atoms with E-state index in [4.69, 9.17) is 0 Å². The van der Waals surface area contributed by atoms with Gasteiger partial charge in [-0.1, -0.05) is 38.8 Å². The first-order chi connectivity index (χ1) is 8.70. The second-order valence-corrected chi connectivity index (χ2v) is 6.80. The van der Waals surface area contributed by atoms with Crippen molar-refractivity contribution in [2.75, 3.05) is 5.75 Å². The van der Waals surface area contributed by atoms with E-state index in [0.29, 0.717) is 5.92 Å². The molecule has 1 atom stereocenters. The summed E-state index contributed by atoms with van der Waals surface area (Å²) in [5.41, 5.74) is 1.09. The molecule has 1 aromatic rings. The van der Waals surface area contributed by atoms with Gasteiger partial charge in [-0.3, -0.25) is 0 Å². The average molecular weight is 264 g/mol. The van der Waals surface area contributed by atoms with Crippen LogP contribution < -0.4 is 0 Å². The van der Waals surface area contributed by atoms with Gasteiger partial charge in [0.15, 0.2) is 0 Å². The summed E-state index contributed by atoms with van der Waals surface area (Å²) in [6, 6.07) is 8.47. The minimum Gasteiger partial charge on any atom is -0.388 e. The maximum absolute atomic E-state index is 10.4. The molecule has 0 amide bonds. The highest BCUT2D eigenvalue weighted by Gasteiger charge is 2.25. The van der Waals surface area contributed by atoms with Crippen molar-refractivity contribution in [3.63, 3.8) is 0 Å². The number of hydrogen-bond acceptors (Lipinski definition) is 2. The summed E-state index contributed by atoms with van der Waals surface area (Å²) in [5, 5.41) is 10.4. The van der Waals surface area contributed by atoms with Crippen molar-refractivity contribution in [1.82, 2.24) is 0 Å². The lowest BCUT2D eigenvalue weighted by atomic mass is 9.78. The van der Waals surface area contributed by atoms with Crippen molar-refractivity contribution in [3.8, 4) is 0 Å². The third-order valence-electron chi connectivity index (χ3n) is 4.04. The summed E-state index contributed by atoms with van der Waals surface area (Å²) in [7, 11) is 0. The van der Waals surface area contributed by atoms with Crippen LogP contribution in [0.15, 0.2) is 29.2 Å². The molecule has 2 heteroatoms. The molecule has 1 N–H and O–H groups in total. The minimum absolute atomic E-state index is 0.266. The zero-order chi connectivity index (χ0) is 13.0. The maximum atomic E-state index is 10.4. The van der Waals surface area contributed by atoms with Crippen LogP contribution in [0, 0.1) is 11.8 Å². The van der Waals surface area contributed by atoms with E-state index in [1.807, 2.05) is 11.8 Å². The van der Waals surface area contributed by atoms with E-state index in [2.05, 4.69) is 38.1 Å². The Morgan fingerprint density at radius 2 is 1.78 bits per heavy atom. The molecule has 1 saturated carbocycles. The monoisotopic (exact) mass is 264 g/mol. The largest absolute Gasteiger partial charge is 0.388 e. The lowest BCUT2D eigenvalue weighted by molar-refractivity contribution is 0.0755. The van der Waals surface area contributed by atoms with Crippen molar-refractivity contribution in [2.45, 2.75) is 50.5 Å². The summed E-state index contributed by atoms with van der Waals surface area (Å²) < 4.78 is 0. The van der Waals surface area contributed by atoms with E-state index in [9.17, 15) is 5.11 Å². The van der Waals surface area contributed by atoms with Crippen LogP contribution in [0.1, 0.15) is 51.2 Å². The smallest absolute Gasteiger partial charge is 0.0818 e. The highest BCUT2D eigenvalue weighted by Crippen LogP contribution is 2.36. The molecule has 0 saturated heterocycles. The molecule has 100 valence electrons. The molecule has 0 spiro atoms. The van der Waals surface area contributed by atoms with E-state index in [-0.39, 0.29) is 6.10 Å². The van der Waals surface area contributed by atoms with Gasteiger partial charge in [-0.15, -0.1) is 11.8 Å². The molecule has 0 aromatic heterocycles. The van der Waals surface area contributed by atoms with Crippen LogP contribution >= 0.6 is 11.8 Å². The maximum Gasteiger partial charge on any atom is 0.0818 e. The summed E-state index contributed by atoms with van der Waals surface area (Å²) >= 11 is 1.85. The molecule has 1 aliphatic rings. The second kappa shape index (κ2) is 6.63. The van der Waals surface area contributed by atoms with Gasteiger partial charge in [0, 0.05) is 4.90 Å². The number of aliphatic hydroxyl groups excluding tert-OH is 1. The molecular formula is C16H24OS. The molecule has 1 unspecified atom stereocenters. The standard InChI is InChI=1S/C16H24OS/c1-3-18-15-10-8-14(9-11-15)16(17)13-6-4-12(2)5-7-13/h8-13,16-17H,3-7H2,1-2H3. The predicted molar refractivity (Wildman–Crippen MR) is 78.9 cm³/mol. The van der Waals surface area contributed by atoms with Crippen LogP contribution in [0.5, 0.6) is 0 Å². The highest BCUT2D eigenvalue weighted by atomic mass is 32.2. The van der Waals surface area contributed by atoms with Crippen molar-refractivity contribution in [2.24, 2.45) is 11.8 Å². The quantitative estimate of drug-likeness (QED) is 0.798. The molecule has 1 aliphatic carbocycles. The third-order valence-corrected chi connectivity index (χ3v) is 4.93. The Morgan fingerprint density at radius 1 is 1.17 bits per heavy atom. The molecule has 0 radical (unpaired) electrons. The molecular weight excluding hydrogens is 240 g/mol. The highest BCUT2D eigenvalue weighted by molar-refractivity contribution is 7.99. The summed E-state index contributed by atoms with van der Waals surface area (Å²) in [4.78, 5) is 1.30. The first-order valence-electron chi connectivity index (χ1n) is 7.11. The third kappa shape index (κ3) is 3.52. The average Bonchev–Trinajstić information content (AvgIpc) is 2.40. The van der Waals surface area contributed by atoms with Crippen molar-refractivity contribution < 1.29 is 5.11 Å². The van der Waals surface area contributed by atoms with E-state index in [1.165, 1.54) is 30.6 Å². The van der Waals surface area contributed by atoms with Gasteiger partial charge in [0.25, 0.3) is 0 Å². The van der Waals surface area contributed by atoms with Crippen LogP contribution in [-0.4, -0.2) is 10.9 Å². The Labute approximate surface area is 115 Å². The second-order valence-electron chi connectivity index (χ2n) is 5.47. The topological polar surface area (TPSA) is 20.2 Å². The molecule has 2 rings (SSSR count). The molecule has 0 bridgehead atoms. The lowest BCUT2D eigenvalue weighted by Gasteiger charge is -2.30. The van der Waals surface area contributed by atoms with Gasteiger partial charge in [0.1, 0.15) is 0 Å². The van der Waals surface area contributed by atoms with E-state index in [1.54, 1.807) is 0 Å². The SMILES string of the molecule is CCSc1ccc(C(O)C2CCC(C)CC2)cc1. The van der Waals surface area contributed by atoms with Gasteiger partial charge in [0.2, 0.25) is 0 Å². The number of rotatable bonds is 4. The number of thioether (sulfide) groups is 1. The molecule has 1 nitrogen and oxygen atoms in total. The first kappa shape index (κ1) is 14.0. The Balaban J connectivity index is 1.97. The number of aliphatic hydroxyl groups is 1. The van der Waals surface area contributed by atoms with Gasteiger partial charge in [-0.05, 0) is 48.1 Å². The summed E-state index contributed by atoms with van der Waals surface area (Å²) in [6.07, 6.45) is 4.62. The first-order valence-corrected chi connectivity index (χ1v) is 8.10. The lowest BCUT2D eigenvalue weighted by Crippen LogP contribution is -2.19. The minimum atomic E-state index is -0.266. The van der Waals surface area contributed by atoms with Crippen molar-refractivity contribution in [1.29, 1.82) is 0 Å². The summed E-state index contributed by atoms with van der Waals surface area (Å²) in [6.45, 7) is 4.48. The van der Waals surface area contributed by atoms with Crippen LogP contribution in [0.3, 0.4) is 0 Å². The van der Waals surface area contributed by atoms with Crippen LogP contribution in [-0.2, 0) is 0 Å². The molecule has 0 aliphatic heterocycles. The van der Waals surface area contributed by atoms with E-state index >= 15 is 0 Å². The Hall–Kier alpha value is -0.470. The van der Waals surface area contributed by atoms with E-state index < -0.39 is 0 Å². The zero-order valence-corrected chi connectivity index (χ0v) is 12.2. The van der Waals surface area contributed by atoms with Crippen molar-refractivity contribution >= 4 is 11.8 Å². The Bertz CT molecular complexity index is 352. The van der Waals surface area contributed by atoms with Gasteiger partial charge in [-0.2, -0.15) is 0 Å². The van der Waals surface area contributed by atoms with Crippen LogP contribution in [0.4, 0.5) is 0 Å². The van der Waals surface area contributed by atoms with Gasteiger partial charge in [-0.25, -0.2) is 0 Å². The van der Waals surface area contributed by atoms with Crippen LogP contribution in [0.2, 0.25) is 0 Å². The Kier molecular flexibility index (Phi) is 5.13. The van der Waals surface area contributed by atoms with E-state index in [0.717, 1.165) is 17.2 Å². The predicted octanol–water partition coefficient (Wildman–Crippen LogP) is 4.66. The fraction of sp³-hybridized carbons (Fsp3) is 0.625. The normalized spacial score (nSPS) is 25.9. The molecule has 18 heavy (non-hydrogen) atoms. The molecule has 1 fully saturated rings. The number of hydrogen-bond donors (Lipinski definition) is 1. The summed E-state index contributed by atoms with van der Waals surface area (Å²) in [5.74, 6) is 2.41. The van der Waals surface area contributed by atoms with Gasteiger partial charge < -0.3 is 5.11 Å². The number of benzene rings is 1. The molecule has 0 heterocycles. The van der Waals surface area contributed by atoms with Gasteiger partial charge in [0.05, 0.1) is 6.10 Å². The van der Waals surface area contributed by atoms with Crippen molar-refractivity contribution in [3.05, 3.63) is 29.8 Å². The van der Waals surface area contributed by atoms with Gasteiger partial charge >= 0.3 is 0 Å². The molecule has 1 aromatic carbocycles. The fourth-order valence-corrected chi connectivity index (χ4v) is 3.46.